The highest BCUT2D eigenvalue weighted by Gasteiger charge is 2.28. The minimum absolute atomic E-state index is 0.120. The Hall–Kier alpha value is -2.34. The highest BCUT2D eigenvalue weighted by molar-refractivity contribution is 5.95. The summed E-state index contributed by atoms with van der Waals surface area (Å²) in [6.07, 6.45) is 6.04. The molecule has 3 rings (SSSR count). The van der Waals surface area contributed by atoms with Gasteiger partial charge in [-0.3, -0.25) is 4.79 Å². The summed E-state index contributed by atoms with van der Waals surface area (Å²) in [5.74, 6) is 1.53. The lowest BCUT2D eigenvalue weighted by Gasteiger charge is -2.33. The van der Waals surface area contributed by atoms with Gasteiger partial charge in [-0.25, -0.2) is 4.98 Å². The molecule has 0 spiro atoms. The zero-order chi connectivity index (χ0) is 19.4. The van der Waals surface area contributed by atoms with Crippen molar-refractivity contribution in [1.29, 1.82) is 0 Å². The highest BCUT2D eigenvalue weighted by atomic mass is 16.2. The molecule has 1 aliphatic rings. The van der Waals surface area contributed by atoms with Gasteiger partial charge in [0.15, 0.2) is 0 Å². The van der Waals surface area contributed by atoms with Crippen LogP contribution in [0.4, 0.5) is 5.69 Å². The van der Waals surface area contributed by atoms with Crippen molar-refractivity contribution in [3.63, 3.8) is 0 Å². The first-order valence-electron chi connectivity index (χ1n) is 9.68. The van der Waals surface area contributed by atoms with Gasteiger partial charge in [-0.15, -0.1) is 0 Å². The predicted molar refractivity (Wildman–Crippen MR) is 109 cm³/mol. The van der Waals surface area contributed by atoms with E-state index in [4.69, 9.17) is 0 Å². The van der Waals surface area contributed by atoms with Crippen LogP contribution in [0.15, 0.2) is 36.7 Å². The fourth-order valence-corrected chi connectivity index (χ4v) is 3.65. The molecular formula is C21H31N5O. The number of likely N-dealkylation sites (N-methyl/N-ethyl adjacent to an activating group) is 1. The van der Waals surface area contributed by atoms with E-state index in [0.29, 0.717) is 5.92 Å². The van der Waals surface area contributed by atoms with Gasteiger partial charge in [0.2, 0.25) is 0 Å². The topological polar surface area (TPSA) is 44.6 Å². The van der Waals surface area contributed by atoms with Gasteiger partial charge in [0.1, 0.15) is 5.82 Å². The Morgan fingerprint density at radius 3 is 2.81 bits per heavy atom. The number of hydrogen-bond donors (Lipinski definition) is 0. The van der Waals surface area contributed by atoms with Gasteiger partial charge in [0.05, 0.1) is 0 Å². The van der Waals surface area contributed by atoms with E-state index in [2.05, 4.69) is 34.7 Å². The van der Waals surface area contributed by atoms with Crippen LogP contribution in [-0.4, -0.2) is 73.1 Å². The smallest absolute Gasteiger partial charge is 0.253 e. The lowest BCUT2D eigenvalue weighted by atomic mass is 9.96. The second kappa shape index (κ2) is 8.57. The van der Waals surface area contributed by atoms with Crippen molar-refractivity contribution >= 4 is 11.6 Å². The largest absolute Gasteiger partial charge is 0.378 e. The molecule has 1 amide bonds. The number of imidazole rings is 1. The molecule has 1 aliphatic heterocycles. The van der Waals surface area contributed by atoms with Crippen LogP contribution < -0.4 is 4.90 Å². The minimum atomic E-state index is 0.120. The third kappa shape index (κ3) is 4.69. The molecule has 0 saturated carbocycles. The van der Waals surface area contributed by atoms with Crippen molar-refractivity contribution in [3.05, 3.63) is 48.0 Å². The van der Waals surface area contributed by atoms with Crippen LogP contribution in [0, 0.1) is 0 Å². The molecule has 1 atom stereocenters. The molecule has 27 heavy (non-hydrogen) atoms. The second-order valence-electron chi connectivity index (χ2n) is 7.82. The average Bonchev–Trinajstić information content (AvgIpc) is 3.14. The number of aromatic nitrogens is 2. The van der Waals surface area contributed by atoms with Crippen LogP contribution in [0.1, 0.15) is 34.9 Å². The van der Waals surface area contributed by atoms with Crippen LogP contribution in [-0.2, 0) is 6.54 Å². The molecule has 1 saturated heterocycles. The Labute approximate surface area is 162 Å². The van der Waals surface area contributed by atoms with E-state index in [-0.39, 0.29) is 5.91 Å². The molecule has 0 unspecified atom stereocenters. The third-order valence-corrected chi connectivity index (χ3v) is 5.22. The first-order valence-corrected chi connectivity index (χ1v) is 9.68. The SMILES string of the molecule is CN(C)CCn1ccnc1[C@H]1CCCN(C(=O)c2cccc(N(C)C)c2)C1. The Morgan fingerprint density at radius 2 is 2.07 bits per heavy atom. The summed E-state index contributed by atoms with van der Waals surface area (Å²) in [7, 11) is 8.15. The van der Waals surface area contributed by atoms with E-state index >= 15 is 0 Å². The van der Waals surface area contributed by atoms with Crippen LogP contribution >= 0.6 is 0 Å². The minimum Gasteiger partial charge on any atom is -0.378 e. The van der Waals surface area contributed by atoms with Gasteiger partial charge in [-0.05, 0) is 45.1 Å². The van der Waals surface area contributed by atoms with Gasteiger partial charge < -0.3 is 19.3 Å². The number of amides is 1. The zero-order valence-electron chi connectivity index (χ0n) is 16.9. The summed E-state index contributed by atoms with van der Waals surface area (Å²) >= 11 is 0. The van der Waals surface area contributed by atoms with Crippen molar-refractivity contribution in [2.45, 2.75) is 25.3 Å². The van der Waals surface area contributed by atoms with Crippen molar-refractivity contribution < 1.29 is 4.79 Å². The maximum absolute atomic E-state index is 13.1. The number of rotatable bonds is 6. The molecule has 6 heteroatoms. The molecule has 2 aromatic rings. The summed E-state index contributed by atoms with van der Waals surface area (Å²) in [5.41, 5.74) is 1.81. The molecular weight excluding hydrogens is 338 g/mol. The zero-order valence-corrected chi connectivity index (χ0v) is 16.9. The van der Waals surface area contributed by atoms with E-state index in [1.54, 1.807) is 0 Å². The summed E-state index contributed by atoms with van der Waals surface area (Å²) in [4.78, 5) is 23.9. The van der Waals surface area contributed by atoms with E-state index in [1.165, 1.54) is 0 Å². The number of nitrogens with zero attached hydrogens (tertiary/aromatic N) is 5. The maximum Gasteiger partial charge on any atom is 0.253 e. The van der Waals surface area contributed by atoms with E-state index in [1.807, 2.05) is 54.4 Å². The van der Waals surface area contributed by atoms with Crippen LogP contribution in [0.3, 0.4) is 0 Å². The fourth-order valence-electron chi connectivity index (χ4n) is 3.65. The molecule has 1 aromatic carbocycles. The average molecular weight is 370 g/mol. The van der Waals surface area contributed by atoms with Crippen molar-refractivity contribution in [2.24, 2.45) is 0 Å². The number of anilines is 1. The monoisotopic (exact) mass is 369 g/mol. The van der Waals surface area contributed by atoms with Gasteiger partial charge in [-0.1, -0.05) is 6.07 Å². The third-order valence-electron chi connectivity index (χ3n) is 5.22. The molecule has 6 nitrogen and oxygen atoms in total. The standard InChI is InChI=1S/C21H31N5O/c1-23(2)13-14-25-12-10-22-20(25)18-8-6-11-26(16-18)21(27)17-7-5-9-19(15-17)24(3)4/h5,7,9-10,12,15,18H,6,8,11,13-14,16H2,1-4H3/t18-/m0/s1. The molecule has 1 fully saturated rings. The highest BCUT2D eigenvalue weighted by Crippen LogP contribution is 2.27. The number of hydrogen-bond acceptors (Lipinski definition) is 4. The Balaban J connectivity index is 1.72. The predicted octanol–water partition coefficient (Wildman–Crippen LogP) is 2.53. The molecule has 0 N–H and O–H groups in total. The van der Waals surface area contributed by atoms with Gasteiger partial charge in [0.25, 0.3) is 5.91 Å². The quantitative estimate of drug-likeness (QED) is 0.785. The summed E-state index contributed by atoms with van der Waals surface area (Å²) in [6.45, 7) is 3.47. The molecule has 0 radical (unpaired) electrons. The summed E-state index contributed by atoms with van der Waals surface area (Å²) < 4.78 is 2.24. The van der Waals surface area contributed by atoms with Crippen molar-refractivity contribution in [1.82, 2.24) is 19.4 Å². The van der Waals surface area contributed by atoms with Crippen molar-refractivity contribution in [2.75, 3.05) is 52.7 Å². The van der Waals surface area contributed by atoms with Crippen molar-refractivity contribution in [3.8, 4) is 0 Å². The lowest BCUT2D eigenvalue weighted by Crippen LogP contribution is -2.40. The molecule has 2 heterocycles. The van der Waals surface area contributed by atoms with Crippen LogP contribution in [0.5, 0.6) is 0 Å². The Morgan fingerprint density at radius 1 is 1.26 bits per heavy atom. The van der Waals surface area contributed by atoms with Crippen LogP contribution in [0.25, 0.3) is 0 Å². The number of piperidine rings is 1. The van der Waals surface area contributed by atoms with E-state index in [9.17, 15) is 4.79 Å². The number of likely N-dealkylation sites (tertiary alicyclic amines) is 1. The molecule has 1 aromatic heterocycles. The van der Waals surface area contributed by atoms with E-state index < -0.39 is 0 Å². The molecule has 0 aliphatic carbocycles. The molecule has 146 valence electrons. The normalized spacial score (nSPS) is 17.4. The first kappa shape index (κ1) is 19.4. The summed E-state index contributed by atoms with van der Waals surface area (Å²) in [6, 6.07) is 7.87. The Kier molecular flexibility index (Phi) is 6.16. The van der Waals surface area contributed by atoms with Gasteiger partial charge in [-0.2, -0.15) is 0 Å². The lowest BCUT2D eigenvalue weighted by molar-refractivity contribution is 0.0703. The van der Waals surface area contributed by atoms with Crippen LogP contribution in [0.2, 0.25) is 0 Å². The Bertz CT molecular complexity index is 767. The van der Waals surface area contributed by atoms with Gasteiger partial charge in [0, 0.05) is 69.8 Å². The number of carbonyl (C=O) groups excluding carboxylic acids is 1. The molecule has 0 bridgehead atoms. The fraction of sp³-hybridized carbons (Fsp3) is 0.524. The maximum atomic E-state index is 13.1. The number of carbonyl (C=O) groups is 1. The number of benzene rings is 1. The summed E-state index contributed by atoms with van der Waals surface area (Å²) in [5, 5.41) is 0. The first-order chi connectivity index (χ1) is 13.0. The second-order valence-corrected chi connectivity index (χ2v) is 7.82. The van der Waals surface area contributed by atoms with Gasteiger partial charge >= 0.3 is 0 Å². The van der Waals surface area contributed by atoms with E-state index in [0.717, 1.165) is 56.1 Å².